The number of nitrogens with two attached hydrogens (primary N) is 1. The fourth-order valence-electron chi connectivity index (χ4n) is 4.67. The van der Waals surface area contributed by atoms with Crippen LogP contribution in [0, 0.1) is 6.92 Å². The lowest BCUT2D eigenvalue weighted by Crippen LogP contribution is -2.20. The number of ether oxygens (including phenoxy) is 2. The van der Waals surface area contributed by atoms with Crippen LogP contribution in [0.25, 0.3) is 22.4 Å². The molecule has 42 heavy (non-hydrogen) atoms. The summed E-state index contributed by atoms with van der Waals surface area (Å²) in [6.45, 7) is 5.23. The number of rotatable bonds is 12. The van der Waals surface area contributed by atoms with Gasteiger partial charge in [0.05, 0.1) is 31.6 Å². The summed E-state index contributed by atoms with van der Waals surface area (Å²) < 4.78 is 20.2. The molecule has 0 bridgehead atoms. The van der Waals surface area contributed by atoms with Gasteiger partial charge in [0.2, 0.25) is 11.9 Å². The van der Waals surface area contributed by atoms with E-state index in [0.29, 0.717) is 66.3 Å². The lowest BCUT2D eigenvalue weighted by molar-refractivity contribution is 0.0995. The first kappa shape index (κ1) is 28.2. The summed E-state index contributed by atoms with van der Waals surface area (Å²) in [5, 5.41) is 10.5. The number of hydrogen-bond acceptors (Lipinski definition) is 9. The van der Waals surface area contributed by atoms with Crippen molar-refractivity contribution in [2.75, 3.05) is 31.4 Å². The summed E-state index contributed by atoms with van der Waals surface area (Å²) in [7, 11) is 3.11. The zero-order valence-electron chi connectivity index (χ0n) is 23.8. The van der Waals surface area contributed by atoms with Crippen LogP contribution in [0.2, 0.25) is 0 Å². The highest BCUT2D eigenvalue weighted by atomic mass is 16.5. The van der Waals surface area contributed by atoms with E-state index in [1.54, 1.807) is 36.2 Å². The molecule has 2 aromatic carbocycles. The van der Waals surface area contributed by atoms with E-state index in [0.717, 1.165) is 17.0 Å². The predicted octanol–water partition coefficient (Wildman–Crippen LogP) is 4.09. The van der Waals surface area contributed by atoms with Gasteiger partial charge in [0.25, 0.3) is 11.9 Å². The van der Waals surface area contributed by atoms with Crippen molar-refractivity contribution in [1.29, 1.82) is 0 Å². The minimum atomic E-state index is -0.610. The highest BCUT2D eigenvalue weighted by Gasteiger charge is 2.21. The number of oxazole rings is 1. The van der Waals surface area contributed by atoms with E-state index < -0.39 is 5.91 Å². The average Bonchev–Trinajstić information content (AvgIpc) is 3.71. The Kier molecular flexibility index (Phi) is 8.09. The summed E-state index contributed by atoms with van der Waals surface area (Å²) in [5.74, 6) is 1.08. The molecule has 3 aromatic heterocycles. The zero-order chi connectivity index (χ0) is 29.8. The Labute approximate surface area is 241 Å². The fourth-order valence-corrected chi connectivity index (χ4v) is 4.67. The number of aryl methyl sites for hydroxylation is 3. The van der Waals surface area contributed by atoms with Crippen molar-refractivity contribution >= 4 is 34.8 Å². The monoisotopic (exact) mass is 572 g/mol. The number of methoxy groups -OCH3 is 2. The highest BCUT2D eigenvalue weighted by molar-refractivity contribution is 6.04. The summed E-state index contributed by atoms with van der Waals surface area (Å²) in [6.07, 6.45) is 2.26. The Morgan fingerprint density at radius 2 is 1.95 bits per heavy atom. The molecule has 0 aliphatic rings. The summed E-state index contributed by atoms with van der Waals surface area (Å²) >= 11 is 0. The van der Waals surface area contributed by atoms with Gasteiger partial charge in [0.15, 0.2) is 5.76 Å². The van der Waals surface area contributed by atoms with E-state index in [-0.39, 0.29) is 11.5 Å². The van der Waals surface area contributed by atoms with Gasteiger partial charge < -0.3 is 29.5 Å². The fraction of sp³-hybridized carbons (Fsp3) is 0.276. The number of amides is 2. The Morgan fingerprint density at radius 3 is 2.69 bits per heavy atom. The van der Waals surface area contributed by atoms with Crippen molar-refractivity contribution in [2.45, 2.75) is 33.4 Å². The molecule has 0 saturated carbocycles. The molecular formula is C29H32N8O5. The van der Waals surface area contributed by atoms with Crippen LogP contribution < -0.4 is 25.8 Å². The van der Waals surface area contributed by atoms with E-state index in [4.69, 9.17) is 19.6 Å². The smallest absolute Gasteiger partial charge is 0.295 e. The number of hydrogen-bond donors (Lipinski definition) is 3. The number of fused-ring (bicyclic) bond motifs is 1. The average molecular weight is 573 g/mol. The molecule has 0 saturated heterocycles. The van der Waals surface area contributed by atoms with Crippen molar-refractivity contribution in [3.8, 4) is 22.8 Å². The maximum atomic E-state index is 13.3. The van der Waals surface area contributed by atoms with Crippen molar-refractivity contribution in [3.63, 3.8) is 0 Å². The van der Waals surface area contributed by atoms with Gasteiger partial charge >= 0.3 is 0 Å². The minimum Gasteiger partial charge on any atom is -0.497 e. The number of carbonyl (C=O) groups is 2. The first-order chi connectivity index (χ1) is 20.3. The van der Waals surface area contributed by atoms with Gasteiger partial charge in [0, 0.05) is 30.8 Å². The van der Waals surface area contributed by atoms with Crippen LogP contribution in [-0.4, -0.2) is 56.9 Å². The third-order valence-electron chi connectivity index (χ3n) is 6.67. The van der Waals surface area contributed by atoms with Gasteiger partial charge in [-0.15, -0.1) is 0 Å². The van der Waals surface area contributed by atoms with E-state index in [1.165, 1.54) is 7.11 Å². The molecule has 0 fully saturated rings. The second kappa shape index (κ2) is 12.0. The number of imidazole rings is 1. The normalized spacial score (nSPS) is 11.0. The third kappa shape index (κ3) is 5.75. The van der Waals surface area contributed by atoms with E-state index in [1.807, 2.05) is 42.7 Å². The summed E-state index contributed by atoms with van der Waals surface area (Å²) in [6, 6.07) is 12.8. The van der Waals surface area contributed by atoms with E-state index in [9.17, 15) is 9.59 Å². The molecule has 4 N–H and O–H groups in total. The Balaban J connectivity index is 1.37. The molecule has 0 spiro atoms. The second-order valence-electron chi connectivity index (χ2n) is 9.48. The number of aromatic nitrogens is 5. The summed E-state index contributed by atoms with van der Waals surface area (Å²) in [5.41, 5.74) is 8.86. The molecule has 13 heteroatoms. The molecule has 0 unspecified atom stereocenters. The number of anilines is 2. The van der Waals surface area contributed by atoms with E-state index >= 15 is 0 Å². The van der Waals surface area contributed by atoms with Crippen LogP contribution >= 0.6 is 0 Å². The molecule has 13 nitrogen and oxygen atoms in total. The quantitative estimate of drug-likeness (QED) is 0.187. The van der Waals surface area contributed by atoms with Crippen molar-refractivity contribution in [2.24, 2.45) is 5.73 Å². The maximum Gasteiger partial charge on any atom is 0.295 e. The number of carbonyl (C=O) groups excluding carboxylic acids is 2. The second-order valence-corrected chi connectivity index (χ2v) is 9.48. The van der Waals surface area contributed by atoms with E-state index in [2.05, 4.69) is 25.7 Å². The van der Waals surface area contributed by atoms with Crippen LogP contribution in [0.4, 0.5) is 12.0 Å². The first-order valence-electron chi connectivity index (χ1n) is 13.4. The first-order valence-corrected chi connectivity index (χ1v) is 13.4. The summed E-state index contributed by atoms with van der Waals surface area (Å²) in [4.78, 5) is 34.2. The van der Waals surface area contributed by atoms with Crippen molar-refractivity contribution in [1.82, 2.24) is 24.3 Å². The van der Waals surface area contributed by atoms with Crippen molar-refractivity contribution < 1.29 is 23.5 Å². The van der Waals surface area contributed by atoms with Gasteiger partial charge in [-0.3, -0.25) is 19.6 Å². The van der Waals surface area contributed by atoms with Gasteiger partial charge in [-0.1, -0.05) is 12.1 Å². The van der Waals surface area contributed by atoms with Gasteiger partial charge in [-0.25, -0.2) is 9.97 Å². The molecule has 2 amide bonds. The molecular weight excluding hydrogens is 540 g/mol. The van der Waals surface area contributed by atoms with Crippen LogP contribution in [0.3, 0.4) is 0 Å². The highest BCUT2D eigenvalue weighted by Crippen LogP contribution is 2.31. The Bertz CT molecular complexity index is 1750. The van der Waals surface area contributed by atoms with Gasteiger partial charge in [-0.05, 0) is 50.6 Å². The Hall–Kier alpha value is -5.33. The molecule has 0 aliphatic carbocycles. The van der Waals surface area contributed by atoms with Crippen LogP contribution in [-0.2, 0) is 13.1 Å². The van der Waals surface area contributed by atoms with Crippen LogP contribution in [0.5, 0.6) is 11.5 Å². The number of benzene rings is 2. The lowest BCUT2D eigenvalue weighted by Gasteiger charge is -2.13. The zero-order valence-corrected chi connectivity index (χ0v) is 23.8. The molecule has 218 valence electrons. The molecule has 3 heterocycles. The van der Waals surface area contributed by atoms with Crippen molar-refractivity contribution in [3.05, 3.63) is 65.6 Å². The third-order valence-corrected chi connectivity index (χ3v) is 6.67. The molecule has 5 rings (SSSR count). The Morgan fingerprint density at radius 1 is 1.12 bits per heavy atom. The SMILES string of the molecule is CCn1nc(C)cc1C(=O)Nc1nc2cc(C(N)=O)cc(OC)c2n1CCCNc1ncc(-c2cccc(OC)c2)o1. The predicted molar refractivity (Wildman–Crippen MR) is 157 cm³/mol. The van der Waals surface area contributed by atoms with Crippen LogP contribution in [0.1, 0.15) is 39.9 Å². The van der Waals surface area contributed by atoms with Gasteiger partial charge in [-0.2, -0.15) is 5.10 Å². The van der Waals surface area contributed by atoms with Gasteiger partial charge in [0.1, 0.15) is 22.7 Å². The number of primary amides is 1. The molecule has 0 radical (unpaired) electrons. The topological polar surface area (TPSA) is 164 Å². The largest absolute Gasteiger partial charge is 0.497 e. The molecule has 0 aliphatic heterocycles. The number of nitrogens with one attached hydrogen (secondary N) is 2. The number of nitrogens with zero attached hydrogens (tertiary/aromatic N) is 5. The molecule has 0 atom stereocenters. The molecule has 5 aromatic rings. The minimum absolute atomic E-state index is 0.249. The standard InChI is InChI=1S/C29H32N8O5/c1-5-37-22(12-17(2)35-37)27(39)34-28-33-21-14-19(26(30)38)15-23(41-4)25(21)36(28)11-7-10-31-29-32-16-24(42-29)18-8-6-9-20(13-18)40-3/h6,8-9,12-16H,5,7,10-11H2,1-4H3,(H2,30,38)(H,31,32)(H,33,34,39). The maximum absolute atomic E-state index is 13.3. The van der Waals surface area contributed by atoms with Crippen LogP contribution in [0.15, 0.2) is 53.1 Å². The lowest BCUT2D eigenvalue weighted by atomic mass is 10.1.